The average molecular weight is 107 g/mol. The van der Waals surface area contributed by atoms with Crippen LogP contribution in [0, 0.1) is 0 Å². The Kier molecular flexibility index (Phi) is 3.19. The third-order valence-electron chi connectivity index (χ3n) is 0.351. The molecule has 2 heteroatoms. The monoisotopic (exact) mass is 106 g/mol. The predicted molar refractivity (Wildman–Crippen MR) is 26.7 cm³/mol. The van der Waals surface area contributed by atoms with Gasteiger partial charge in [-0.2, -0.15) is 0 Å². The van der Waals surface area contributed by atoms with Crippen LogP contribution in [0.3, 0.4) is 0 Å². The second-order valence-electron chi connectivity index (χ2n) is 1.06. The van der Waals surface area contributed by atoms with Crippen LogP contribution in [0.4, 0.5) is 0 Å². The molecule has 1 atom stereocenters. The summed E-state index contributed by atoms with van der Waals surface area (Å²) in [5.74, 6) is 0. The van der Waals surface area contributed by atoms with E-state index in [1.807, 2.05) is 0 Å². The van der Waals surface area contributed by atoms with Crippen LogP contribution >= 0.6 is 11.6 Å². The van der Waals surface area contributed by atoms with Crippen LogP contribution in [0.5, 0.6) is 0 Å². The first-order valence-corrected chi connectivity index (χ1v) is 2.16. The van der Waals surface area contributed by atoms with Crippen LogP contribution in [0.2, 0.25) is 0 Å². The lowest BCUT2D eigenvalue weighted by Gasteiger charge is -1.86. The molecule has 0 fully saturated rings. The molecule has 0 aromatic heterocycles. The first-order valence-electron chi connectivity index (χ1n) is 1.72. The van der Waals surface area contributed by atoms with Crippen molar-refractivity contribution in [3.05, 3.63) is 11.6 Å². The Balaban J connectivity index is 3.03. The highest BCUT2D eigenvalue weighted by Crippen LogP contribution is 1.83. The minimum Gasteiger partial charge on any atom is -0.389 e. The second kappa shape index (κ2) is 3.19. The average Bonchev–Trinajstić information content (AvgIpc) is 1.35. The van der Waals surface area contributed by atoms with Crippen LogP contribution < -0.4 is 0 Å². The van der Waals surface area contributed by atoms with Gasteiger partial charge in [-0.3, -0.25) is 0 Å². The van der Waals surface area contributed by atoms with Crippen molar-refractivity contribution in [3.63, 3.8) is 0 Å². The van der Waals surface area contributed by atoms with E-state index in [1.165, 1.54) is 11.6 Å². The summed E-state index contributed by atoms with van der Waals surface area (Å²) in [6.45, 7) is 1.64. The van der Waals surface area contributed by atoms with Gasteiger partial charge >= 0.3 is 0 Å². The summed E-state index contributed by atoms with van der Waals surface area (Å²) in [7, 11) is 0. The predicted octanol–water partition coefficient (Wildman–Crippen LogP) is 1.12. The maximum Gasteiger partial charge on any atom is 0.0704 e. The van der Waals surface area contributed by atoms with Gasteiger partial charge in [0.25, 0.3) is 0 Å². The fraction of sp³-hybridized carbons (Fsp3) is 0.500. The summed E-state index contributed by atoms with van der Waals surface area (Å²) in [6, 6.07) is 0. The maximum absolute atomic E-state index is 8.38. The van der Waals surface area contributed by atoms with Gasteiger partial charge in [-0.25, -0.2) is 0 Å². The van der Waals surface area contributed by atoms with Gasteiger partial charge in [0.2, 0.25) is 0 Å². The first kappa shape index (κ1) is 5.99. The summed E-state index contributed by atoms with van der Waals surface area (Å²) in [5, 5.41) is 8.38. The van der Waals surface area contributed by atoms with Gasteiger partial charge in [0, 0.05) is 5.54 Å². The Hall–Kier alpha value is -0.0100. The summed E-state index contributed by atoms with van der Waals surface area (Å²) in [5.41, 5.74) is 1.30. The summed E-state index contributed by atoms with van der Waals surface area (Å²) in [4.78, 5) is 0. The molecule has 6 heavy (non-hydrogen) atoms. The molecule has 0 saturated heterocycles. The number of aliphatic hydroxyl groups excluding tert-OH is 1. The molecule has 1 unspecified atom stereocenters. The van der Waals surface area contributed by atoms with Crippen molar-refractivity contribution in [2.75, 3.05) is 0 Å². The summed E-state index contributed by atoms with van der Waals surface area (Å²) >= 11 is 5.06. The van der Waals surface area contributed by atoms with E-state index in [-0.39, 0.29) is 0 Å². The van der Waals surface area contributed by atoms with Gasteiger partial charge in [-0.15, -0.1) is 0 Å². The van der Waals surface area contributed by atoms with Crippen molar-refractivity contribution < 1.29 is 5.11 Å². The normalized spacial score (nSPS) is 15.8. The highest BCUT2D eigenvalue weighted by atomic mass is 35.5. The van der Waals surface area contributed by atoms with E-state index in [0.717, 1.165) is 0 Å². The first-order chi connectivity index (χ1) is 2.77. The minimum absolute atomic E-state index is 0.414. The van der Waals surface area contributed by atoms with Crippen molar-refractivity contribution in [2.24, 2.45) is 0 Å². The molecule has 0 radical (unpaired) electrons. The van der Waals surface area contributed by atoms with E-state index < -0.39 is 6.10 Å². The van der Waals surface area contributed by atoms with Crippen molar-refractivity contribution in [1.82, 2.24) is 0 Å². The van der Waals surface area contributed by atoms with Crippen LogP contribution in [0.15, 0.2) is 11.6 Å². The van der Waals surface area contributed by atoms with Crippen LogP contribution in [0.1, 0.15) is 6.92 Å². The zero-order valence-electron chi connectivity index (χ0n) is 3.56. The number of rotatable bonds is 1. The highest BCUT2D eigenvalue weighted by molar-refractivity contribution is 6.25. The Morgan fingerprint density at radius 3 is 2.33 bits per heavy atom. The molecule has 0 aliphatic heterocycles. The molecule has 0 aromatic carbocycles. The lowest BCUT2D eigenvalue weighted by molar-refractivity contribution is 0.244. The fourth-order valence-electron chi connectivity index (χ4n) is 0.105. The van der Waals surface area contributed by atoms with E-state index in [9.17, 15) is 0 Å². The minimum atomic E-state index is -0.414. The third-order valence-corrected chi connectivity index (χ3v) is 0.497. The molecule has 36 valence electrons. The Labute approximate surface area is 42.2 Å². The molecular weight excluding hydrogens is 99.5 g/mol. The largest absolute Gasteiger partial charge is 0.389 e. The molecule has 0 amide bonds. The van der Waals surface area contributed by atoms with Gasteiger partial charge in [0.15, 0.2) is 0 Å². The van der Waals surface area contributed by atoms with E-state index >= 15 is 0 Å². The van der Waals surface area contributed by atoms with Crippen LogP contribution in [0.25, 0.3) is 0 Å². The zero-order valence-corrected chi connectivity index (χ0v) is 4.31. The van der Waals surface area contributed by atoms with Gasteiger partial charge in [-0.05, 0) is 13.0 Å². The Morgan fingerprint density at radius 1 is 1.83 bits per heavy atom. The van der Waals surface area contributed by atoms with Crippen LogP contribution in [-0.4, -0.2) is 11.2 Å². The molecule has 0 spiro atoms. The number of hydrogen-bond donors (Lipinski definition) is 1. The maximum atomic E-state index is 8.38. The van der Waals surface area contributed by atoms with Gasteiger partial charge in [-0.1, -0.05) is 11.6 Å². The number of hydrogen-bond acceptors (Lipinski definition) is 1. The fourth-order valence-corrected chi connectivity index (χ4v) is 0.316. The molecule has 0 saturated carbocycles. The summed E-state index contributed by atoms with van der Waals surface area (Å²) in [6.07, 6.45) is 1.07. The van der Waals surface area contributed by atoms with Gasteiger partial charge in [0.05, 0.1) is 6.10 Å². The Morgan fingerprint density at radius 2 is 2.33 bits per heavy atom. The summed E-state index contributed by atoms with van der Waals surface area (Å²) < 4.78 is 0. The molecule has 1 N–H and O–H groups in total. The van der Waals surface area contributed by atoms with E-state index in [0.29, 0.717) is 0 Å². The van der Waals surface area contributed by atoms with Crippen molar-refractivity contribution in [1.29, 1.82) is 0 Å². The van der Waals surface area contributed by atoms with Gasteiger partial charge in [0.1, 0.15) is 0 Å². The topological polar surface area (TPSA) is 20.2 Å². The molecule has 0 aromatic rings. The molecule has 0 heterocycles. The molecular formula is C4H7ClO. The van der Waals surface area contributed by atoms with E-state index in [1.54, 1.807) is 6.92 Å². The van der Waals surface area contributed by atoms with Crippen molar-refractivity contribution in [3.8, 4) is 0 Å². The second-order valence-corrected chi connectivity index (χ2v) is 1.31. The highest BCUT2D eigenvalue weighted by Gasteiger charge is 1.78. The van der Waals surface area contributed by atoms with E-state index in [2.05, 4.69) is 0 Å². The molecule has 1 nitrogen and oxygen atoms in total. The smallest absolute Gasteiger partial charge is 0.0704 e. The van der Waals surface area contributed by atoms with E-state index in [4.69, 9.17) is 16.7 Å². The molecule has 0 aliphatic carbocycles. The molecule has 0 rings (SSSR count). The lowest BCUT2D eigenvalue weighted by Crippen LogP contribution is -1.89. The van der Waals surface area contributed by atoms with Crippen molar-refractivity contribution in [2.45, 2.75) is 13.0 Å². The number of aliphatic hydroxyl groups is 1. The quantitative estimate of drug-likeness (QED) is 0.531. The zero-order chi connectivity index (χ0) is 4.99. The molecule has 0 bridgehead atoms. The third kappa shape index (κ3) is 3.99. The van der Waals surface area contributed by atoms with Crippen LogP contribution in [-0.2, 0) is 0 Å². The molecule has 0 aliphatic rings. The standard InChI is InChI=1S/C4H7ClO/c1-4(6)2-3-5/h2-4,6H,1H3/b3-2+. The number of halogens is 1. The SMILES string of the molecule is CC(O)/C=C/Cl. The Bertz CT molecular complexity index is 49.5. The van der Waals surface area contributed by atoms with Crippen molar-refractivity contribution >= 4 is 11.6 Å². The van der Waals surface area contributed by atoms with Gasteiger partial charge < -0.3 is 5.11 Å². The lowest BCUT2D eigenvalue weighted by atomic mass is 10.4.